The van der Waals surface area contributed by atoms with E-state index >= 15 is 0 Å². The zero-order chi connectivity index (χ0) is 25.2. The van der Waals surface area contributed by atoms with E-state index in [1.54, 1.807) is 17.0 Å². The summed E-state index contributed by atoms with van der Waals surface area (Å²) in [7, 11) is -4.01. The average Bonchev–Trinajstić information content (AvgIpc) is 3.25. The van der Waals surface area contributed by atoms with Crippen LogP contribution < -0.4 is 14.9 Å². The lowest BCUT2D eigenvalue weighted by Gasteiger charge is -2.20. The summed E-state index contributed by atoms with van der Waals surface area (Å²) in [6.07, 6.45) is 0.776. The van der Waals surface area contributed by atoms with Gasteiger partial charge in [0, 0.05) is 24.8 Å². The molecule has 0 bridgehead atoms. The van der Waals surface area contributed by atoms with Crippen molar-refractivity contribution in [2.45, 2.75) is 44.6 Å². The number of nitrogens with zero attached hydrogens (tertiary/aromatic N) is 1. The number of carbonyl (C=O) groups is 2. The molecule has 3 aromatic rings. The predicted molar refractivity (Wildman–Crippen MR) is 137 cm³/mol. The third-order valence-corrected chi connectivity index (χ3v) is 7.65. The quantitative estimate of drug-likeness (QED) is 0.526. The van der Waals surface area contributed by atoms with E-state index < -0.39 is 22.0 Å². The number of fused-ring (bicyclic) bond motifs is 1. The monoisotopic (exact) mass is 491 g/mol. The van der Waals surface area contributed by atoms with Crippen LogP contribution in [0.2, 0.25) is 0 Å². The van der Waals surface area contributed by atoms with Crippen LogP contribution in [0.1, 0.15) is 29.2 Å². The molecule has 1 aliphatic heterocycles. The molecule has 4 rings (SSSR count). The van der Waals surface area contributed by atoms with E-state index in [9.17, 15) is 18.0 Å². The highest BCUT2D eigenvalue weighted by Gasteiger charge is 2.29. The van der Waals surface area contributed by atoms with Gasteiger partial charge in [0.2, 0.25) is 21.8 Å². The Balaban J connectivity index is 1.61. The number of anilines is 2. The van der Waals surface area contributed by atoms with Crippen LogP contribution >= 0.6 is 0 Å². The Morgan fingerprint density at radius 2 is 1.74 bits per heavy atom. The fourth-order valence-corrected chi connectivity index (χ4v) is 5.50. The van der Waals surface area contributed by atoms with Crippen molar-refractivity contribution in [1.29, 1.82) is 0 Å². The first-order valence-corrected chi connectivity index (χ1v) is 13.0. The second-order valence-electron chi connectivity index (χ2n) is 8.88. The van der Waals surface area contributed by atoms with Crippen LogP contribution in [-0.4, -0.2) is 32.8 Å². The van der Waals surface area contributed by atoms with Gasteiger partial charge in [0.15, 0.2) is 0 Å². The third-order valence-electron chi connectivity index (χ3n) is 6.18. The number of rotatable bonds is 7. The van der Waals surface area contributed by atoms with E-state index in [0.717, 1.165) is 27.9 Å². The van der Waals surface area contributed by atoms with Crippen LogP contribution in [0.4, 0.5) is 11.4 Å². The Labute approximate surface area is 206 Å². The second-order valence-corrected chi connectivity index (χ2v) is 10.6. The fourth-order valence-electron chi connectivity index (χ4n) is 4.26. The lowest BCUT2D eigenvalue weighted by Crippen LogP contribution is -2.45. The molecule has 0 fully saturated rings. The summed E-state index contributed by atoms with van der Waals surface area (Å²) in [5.41, 5.74) is 4.88. The van der Waals surface area contributed by atoms with Crippen LogP contribution in [0.15, 0.2) is 71.6 Å². The average molecular weight is 492 g/mol. The molecule has 1 heterocycles. The number of hydrogen-bond donors (Lipinski definition) is 2. The summed E-state index contributed by atoms with van der Waals surface area (Å²) >= 11 is 0. The molecular weight excluding hydrogens is 462 g/mol. The van der Waals surface area contributed by atoms with Crippen molar-refractivity contribution in [3.8, 4) is 0 Å². The summed E-state index contributed by atoms with van der Waals surface area (Å²) in [6, 6.07) is 18.7. The Kier molecular flexibility index (Phi) is 7.05. The molecule has 0 saturated carbocycles. The summed E-state index contributed by atoms with van der Waals surface area (Å²) in [5, 5.41) is 2.90. The molecule has 2 amide bonds. The highest BCUT2D eigenvalue weighted by molar-refractivity contribution is 7.89. The van der Waals surface area contributed by atoms with Gasteiger partial charge >= 0.3 is 0 Å². The van der Waals surface area contributed by atoms with Crippen molar-refractivity contribution in [3.63, 3.8) is 0 Å². The van der Waals surface area contributed by atoms with E-state index in [4.69, 9.17) is 0 Å². The maximum absolute atomic E-state index is 13.4. The number of hydrogen-bond acceptors (Lipinski definition) is 4. The minimum Gasteiger partial charge on any atom is -0.324 e. The summed E-state index contributed by atoms with van der Waals surface area (Å²) in [4.78, 5) is 26.8. The van der Waals surface area contributed by atoms with Crippen molar-refractivity contribution in [3.05, 3.63) is 89.0 Å². The molecule has 0 saturated heterocycles. The predicted octanol–water partition coefficient (Wildman–Crippen LogP) is 3.74. The highest BCUT2D eigenvalue weighted by atomic mass is 32.2. The van der Waals surface area contributed by atoms with E-state index in [1.165, 1.54) is 13.0 Å². The lowest BCUT2D eigenvalue weighted by atomic mass is 10.1. The summed E-state index contributed by atoms with van der Waals surface area (Å²) in [6.45, 7) is 5.83. The van der Waals surface area contributed by atoms with Gasteiger partial charge in [-0.15, -0.1) is 0 Å². The van der Waals surface area contributed by atoms with E-state index in [-0.39, 0.29) is 17.2 Å². The lowest BCUT2D eigenvalue weighted by molar-refractivity contribution is -0.118. The van der Waals surface area contributed by atoms with E-state index in [1.807, 2.05) is 62.4 Å². The summed E-state index contributed by atoms with van der Waals surface area (Å²) < 4.78 is 29.3. The largest absolute Gasteiger partial charge is 0.324 e. The molecule has 0 spiro atoms. The number of amides is 2. The number of aryl methyl sites for hydroxylation is 2. The van der Waals surface area contributed by atoms with Crippen LogP contribution in [0.25, 0.3) is 0 Å². The number of nitrogens with one attached hydrogen (secondary N) is 2. The van der Waals surface area contributed by atoms with Gasteiger partial charge in [0.1, 0.15) is 6.04 Å². The Morgan fingerprint density at radius 3 is 2.46 bits per heavy atom. The first-order valence-electron chi connectivity index (χ1n) is 11.5. The molecule has 0 aromatic heterocycles. The van der Waals surface area contributed by atoms with Crippen molar-refractivity contribution >= 4 is 33.2 Å². The fraction of sp³-hybridized carbons (Fsp3) is 0.259. The molecule has 0 aliphatic carbocycles. The molecule has 2 N–H and O–H groups in total. The highest BCUT2D eigenvalue weighted by Crippen LogP contribution is 2.30. The molecule has 182 valence electrons. The van der Waals surface area contributed by atoms with Crippen LogP contribution in [-0.2, 0) is 32.5 Å². The van der Waals surface area contributed by atoms with Gasteiger partial charge in [0.25, 0.3) is 0 Å². The Hall–Kier alpha value is -3.49. The van der Waals surface area contributed by atoms with Gasteiger partial charge in [-0.05, 0) is 73.2 Å². The molecular formula is C27H29N3O4S. The standard InChI is InChI=1S/C27H29N3O4S/c1-18-9-10-19(2)24(15-18)28-27(32)25(16-21-7-5-4-6-8-21)29-35(33,34)23-11-12-26-22(17-23)13-14-30(26)20(3)31/h4-12,15,17,25,29H,13-14,16H2,1-3H3,(H,28,32). The molecule has 7 nitrogen and oxygen atoms in total. The topological polar surface area (TPSA) is 95.6 Å². The van der Waals surface area contributed by atoms with Crippen LogP contribution in [0.5, 0.6) is 0 Å². The Morgan fingerprint density at radius 1 is 1.00 bits per heavy atom. The maximum Gasteiger partial charge on any atom is 0.242 e. The van der Waals surface area contributed by atoms with Crippen molar-refractivity contribution in [2.24, 2.45) is 0 Å². The van der Waals surface area contributed by atoms with Crippen molar-refractivity contribution in [1.82, 2.24) is 4.72 Å². The molecule has 35 heavy (non-hydrogen) atoms. The zero-order valence-corrected chi connectivity index (χ0v) is 20.9. The van der Waals surface area contributed by atoms with Crippen molar-refractivity contribution < 1.29 is 18.0 Å². The molecule has 3 aromatic carbocycles. The first kappa shape index (κ1) is 24.6. The summed E-state index contributed by atoms with van der Waals surface area (Å²) in [5.74, 6) is -0.515. The van der Waals surface area contributed by atoms with Crippen molar-refractivity contribution in [2.75, 3.05) is 16.8 Å². The van der Waals surface area contributed by atoms with Gasteiger partial charge in [-0.2, -0.15) is 4.72 Å². The van der Waals surface area contributed by atoms with Gasteiger partial charge in [-0.25, -0.2) is 8.42 Å². The number of carbonyl (C=O) groups excluding carboxylic acids is 2. The van der Waals surface area contributed by atoms with Crippen LogP contribution in [0, 0.1) is 13.8 Å². The van der Waals surface area contributed by atoms with Gasteiger partial charge in [-0.1, -0.05) is 42.5 Å². The SMILES string of the molecule is CC(=O)N1CCc2cc(S(=O)(=O)NC(Cc3ccccc3)C(=O)Nc3cc(C)ccc3C)ccc21. The normalized spacial score (nSPS) is 13.9. The van der Waals surface area contributed by atoms with Crippen LogP contribution in [0.3, 0.4) is 0 Å². The van der Waals surface area contributed by atoms with Gasteiger partial charge in [0.05, 0.1) is 4.90 Å². The van der Waals surface area contributed by atoms with Gasteiger partial charge < -0.3 is 10.2 Å². The second kappa shape index (κ2) is 10.0. The minimum absolute atomic E-state index is 0.0687. The number of benzene rings is 3. The minimum atomic E-state index is -4.01. The van der Waals surface area contributed by atoms with E-state index in [2.05, 4.69) is 10.0 Å². The molecule has 1 aliphatic rings. The first-order chi connectivity index (χ1) is 16.6. The molecule has 1 unspecified atom stereocenters. The smallest absolute Gasteiger partial charge is 0.242 e. The zero-order valence-electron chi connectivity index (χ0n) is 20.0. The molecule has 8 heteroatoms. The van der Waals surface area contributed by atoms with E-state index in [0.29, 0.717) is 18.7 Å². The Bertz CT molecular complexity index is 1370. The van der Waals surface area contributed by atoms with Gasteiger partial charge in [-0.3, -0.25) is 9.59 Å². The number of sulfonamides is 1. The molecule has 0 radical (unpaired) electrons. The maximum atomic E-state index is 13.4. The third kappa shape index (κ3) is 5.61. The molecule has 1 atom stereocenters.